The van der Waals surface area contributed by atoms with Crippen LogP contribution in [0, 0.1) is 0 Å². The molecule has 0 aliphatic rings. The van der Waals surface area contributed by atoms with Crippen molar-refractivity contribution in [3.8, 4) is 17.1 Å². The van der Waals surface area contributed by atoms with Crippen LogP contribution in [0.1, 0.15) is 0 Å². The number of hydrogen-bond acceptors (Lipinski definition) is 7. The number of ether oxygens (including phenoxy) is 1. The van der Waals surface area contributed by atoms with E-state index in [0.29, 0.717) is 5.88 Å². The van der Waals surface area contributed by atoms with Crippen molar-refractivity contribution >= 4 is 44.9 Å². The summed E-state index contributed by atoms with van der Waals surface area (Å²) >= 11 is 1.67. The number of methoxy groups -OCH3 is 1. The predicted octanol–water partition coefficient (Wildman–Crippen LogP) is 7.14. The number of nitrogens with zero attached hydrogens (tertiary/aromatic N) is 4. The molecule has 6 aromatic rings. The molecule has 0 fully saturated rings. The largest absolute Gasteiger partial charge is 0.481 e. The summed E-state index contributed by atoms with van der Waals surface area (Å²) < 4.78 is 5.22. The predicted molar refractivity (Wildman–Crippen MR) is 145 cm³/mol. The molecule has 0 spiro atoms. The molecule has 0 atom stereocenters. The second-order valence-electron chi connectivity index (χ2n) is 8.11. The Morgan fingerprint density at radius 3 is 2.33 bits per heavy atom. The molecule has 6 rings (SSSR count). The molecule has 0 radical (unpaired) electrons. The summed E-state index contributed by atoms with van der Waals surface area (Å²) in [5.74, 6) is 1.28. The quantitative estimate of drug-likeness (QED) is 0.268. The molecule has 174 valence electrons. The van der Waals surface area contributed by atoms with Crippen molar-refractivity contribution in [1.29, 1.82) is 0 Å². The van der Waals surface area contributed by atoms with Crippen LogP contribution >= 0.6 is 11.8 Å². The molecule has 7 heteroatoms. The summed E-state index contributed by atoms with van der Waals surface area (Å²) in [6.45, 7) is 0. The standard InChI is InChI=1S/C29H21N5OS/c1-35-27-17-25-24(18-31-27)26(15-16-30-25)36-21-13-11-20(12-14-21)32-29-23-10-6-5-9-22(23)28(33-34-29)19-7-3-2-4-8-19/h2-18H,1H3,(H,32,34). The van der Waals surface area contributed by atoms with Gasteiger partial charge in [-0.3, -0.25) is 4.98 Å². The Labute approximate surface area is 212 Å². The van der Waals surface area contributed by atoms with E-state index in [2.05, 4.69) is 74.0 Å². The van der Waals surface area contributed by atoms with Crippen LogP contribution in [0.2, 0.25) is 0 Å². The highest BCUT2D eigenvalue weighted by Crippen LogP contribution is 2.35. The fourth-order valence-electron chi connectivity index (χ4n) is 4.07. The molecule has 3 aromatic heterocycles. The highest BCUT2D eigenvalue weighted by atomic mass is 32.2. The summed E-state index contributed by atoms with van der Waals surface area (Å²) in [6, 6.07) is 30.5. The summed E-state index contributed by atoms with van der Waals surface area (Å²) in [6.07, 6.45) is 3.62. The zero-order valence-corrected chi connectivity index (χ0v) is 20.2. The molecule has 0 aliphatic carbocycles. The maximum atomic E-state index is 5.22. The van der Waals surface area contributed by atoms with Gasteiger partial charge in [0, 0.05) is 55.7 Å². The van der Waals surface area contributed by atoms with Crippen LogP contribution in [0.25, 0.3) is 32.9 Å². The van der Waals surface area contributed by atoms with Gasteiger partial charge in [0.05, 0.1) is 12.6 Å². The SMILES string of the molecule is COc1cc2nccc(Sc3ccc(Nc4nnc(-c5ccccc5)c5ccccc45)cc3)c2cn1. The summed E-state index contributed by atoms with van der Waals surface area (Å²) in [5.41, 5.74) is 3.72. The van der Waals surface area contributed by atoms with E-state index in [9.17, 15) is 0 Å². The maximum absolute atomic E-state index is 5.22. The van der Waals surface area contributed by atoms with Crippen LogP contribution in [0.3, 0.4) is 0 Å². The number of fused-ring (bicyclic) bond motifs is 2. The van der Waals surface area contributed by atoms with Crippen LogP contribution in [0.4, 0.5) is 11.5 Å². The molecule has 0 amide bonds. The van der Waals surface area contributed by atoms with E-state index in [1.807, 2.05) is 54.9 Å². The van der Waals surface area contributed by atoms with Gasteiger partial charge in [0.1, 0.15) is 5.69 Å². The molecule has 36 heavy (non-hydrogen) atoms. The zero-order valence-electron chi connectivity index (χ0n) is 19.4. The Hall–Kier alpha value is -4.49. The number of rotatable bonds is 6. The molecule has 3 aromatic carbocycles. The summed E-state index contributed by atoms with van der Waals surface area (Å²) in [4.78, 5) is 11.0. The third-order valence-electron chi connectivity index (χ3n) is 5.85. The molecule has 0 aliphatic heterocycles. The van der Waals surface area contributed by atoms with Crippen LogP contribution in [0.5, 0.6) is 5.88 Å². The number of nitrogens with one attached hydrogen (secondary N) is 1. The van der Waals surface area contributed by atoms with Gasteiger partial charge in [-0.05, 0) is 30.3 Å². The van der Waals surface area contributed by atoms with Gasteiger partial charge in [-0.1, -0.05) is 66.4 Å². The van der Waals surface area contributed by atoms with Gasteiger partial charge in [-0.25, -0.2) is 4.98 Å². The van der Waals surface area contributed by atoms with Gasteiger partial charge in [-0.15, -0.1) is 10.2 Å². The van der Waals surface area contributed by atoms with Crippen LogP contribution in [0.15, 0.2) is 113 Å². The molecule has 3 heterocycles. The van der Waals surface area contributed by atoms with Gasteiger partial charge in [0.25, 0.3) is 0 Å². The fraction of sp³-hybridized carbons (Fsp3) is 0.0345. The van der Waals surface area contributed by atoms with Crippen molar-refractivity contribution in [3.63, 3.8) is 0 Å². The van der Waals surface area contributed by atoms with E-state index < -0.39 is 0 Å². The van der Waals surface area contributed by atoms with Gasteiger partial charge in [-0.2, -0.15) is 0 Å². The first-order valence-electron chi connectivity index (χ1n) is 11.4. The van der Waals surface area contributed by atoms with E-state index in [1.165, 1.54) is 0 Å². The third-order valence-corrected chi connectivity index (χ3v) is 6.93. The van der Waals surface area contributed by atoms with Crippen LogP contribution < -0.4 is 10.1 Å². The van der Waals surface area contributed by atoms with Crippen molar-refractivity contribution in [3.05, 3.63) is 103 Å². The minimum Gasteiger partial charge on any atom is -0.481 e. The second-order valence-corrected chi connectivity index (χ2v) is 9.23. The van der Waals surface area contributed by atoms with Gasteiger partial charge < -0.3 is 10.1 Å². The molecule has 1 N–H and O–H groups in total. The van der Waals surface area contributed by atoms with Crippen molar-refractivity contribution in [2.75, 3.05) is 12.4 Å². The number of benzene rings is 3. The van der Waals surface area contributed by atoms with Crippen LogP contribution in [-0.2, 0) is 0 Å². The normalized spacial score (nSPS) is 11.0. The first kappa shape index (κ1) is 22.0. The lowest BCUT2D eigenvalue weighted by molar-refractivity contribution is 0.398. The maximum Gasteiger partial charge on any atom is 0.215 e. The van der Waals surface area contributed by atoms with E-state index in [-0.39, 0.29) is 0 Å². The highest BCUT2D eigenvalue weighted by Gasteiger charge is 2.11. The Bertz CT molecular complexity index is 1670. The molecule has 0 unspecified atom stereocenters. The topological polar surface area (TPSA) is 72.8 Å². The van der Waals surface area contributed by atoms with Crippen molar-refractivity contribution < 1.29 is 4.74 Å². The Kier molecular flexibility index (Phi) is 5.89. The molecular weight excluding hydrogens is 466 g/mol. The van der Waals surface area contributed by atoms with Crippen molar-refractivity contribution in [1.82, 2.24) is 20.2 Å². The Morgan fingerprint density at radius 2 is 1.53 bits per heavy atom. The summed E-state index contributed by atoms with van der Waals surface area (Å²) in [5, 5.41) is 15.6. The summed E-state index contributed by atoms with van der Waals surface area (Å²) in [7, 11) is 1.61. The second kappa shape index (κ2) is 9.64. The highest BCUT2D eigenvalue weighted by molar-refractivity contribution is 7.99. The van der Waals surface area contributed by atoms with Crippen molar-refractivity contribution in [2.45, 2.75) is 9.79 Å². The lowest BCUT2D eigenvalue weighted by Gasteiger charge is -2.12. The van der Waals surface area contributed by atoms with Gasteiger partial charge in [0.2, 0.25) is 5.88 Å². The molecule has 0 saturated heterocycles. The lowest BCUT2D eigenvalue weighted by atomic mass is 10.0. The average Bonchev–Trinajstić information content (AvgIpc) is 2.94. The number of pyridine rings is 2. The smallest absolute Gasteiger partial charge is 0.215 e. The number of hydrogen-bond donors (Lipinski definition) is 1. The minimum absolute atomic E-state index is 0.556. The first-order valence-corrected chi connectivity index (χ1v) is 12.2. The van der Waals surface area contributed by atoms with E-state index in [0.717, 1.165) is 54.2 Å². The van der Waals surface area contributed by atoms with E-state index in [4.69, 9.17) is 4.74 Å². The molecular formula is C29H21N5OS. The lowest BCUT2D eigenvalue weighted by Crippen LogP contribution is -1.99. The molecule has 0 saturated carbocycles. The molecule has 6 nitrogen and oxygen atoms in total. The Balaban J connectivity index is 1.26. The first-order chi connectivity index (χ1) is 17.8. The monoisotopic (exact) mass is 487 g/mol. The molecule has 0 bridgehead atoms. The van der Waals surface area contributed by atoms with E-state index in [1.54, 1.807) is 18.9 Å². The number of anilines is 2. The van der Waals surface area contributed by atoms with E-state index >= 15 is 0 Å². The minimum atomic E-state index is 0.556. The average molecular weight is 488 g/mol. The van der Waals surface area contributed by atoms with Crippen molar-refractivity contribution in [2.24, 2.45) is 0 Å². The van der Waals surface area contributed by atoms with Gasteiger partial charge >= 0.3 is 0 Å². The van der Waals surface area contributed by atoms with Crippen LogP contribution in [-0.4, -0.2) is 27.3 Å². The number of aromatic nitrogens is 4. The zero-order chi connectivity index (χ0) is 24.3. The fourth-order valence-corrected chi connectivity index (χ4v) is 5.00. The third kappa shape index (κ3) is 4.32. The van der Waals surface area contributed by atoms with Gasteiger partial charge in [0.15, 0.2) is 5.82 Å². The Morgan fingerprint density at radius 1 is 0.750 bits per heavy atom.